The van der Waals surface area contributed by atoms with Gasteiger partial charge in [0, 0.05) is 0 Å². The van der Waals surface area contributed by atoms with Crippen molar-refractivity contribution in [3.05, 3.63) is 210 Å². The Hall–Kier alpha value is -6.39. The van der Waals surface area contributed by atoms with Crippen LogP contribution in [0, 0.1) is 18.7 Å². The number of aryl methyl sites for hydroxylation is 4. The first-order chi connectivity index (χ1) is 37.6. The van der Waals surface area contributed by atoms with Crippen molar-refractivity contribution in [2.75, 3.05) is 0 Å². The van der Waals surface area contributed by atoms with E-state index in [2.05, 4.69) is 188 Å². The van der Waals surface area contributed by atoms with Crippen molar-refractivity contribution >= 4 is 46.1 Å². The van der Waals surface area contributed by atoms with Gasteiger partial charge < -0.3 is 4.74 Å². The second-order valence-electron chi connectivity index (χ2n) is 20.4. The van der Waals surface area contributed by atoms with Crippen LogP contribution in [-0.4, -0.2) is 16.4 Å². The molecule has 0 amide bonds. The number of halogens is 1. The summed E-state index contributed by atoms with van der Waals surface area (Å²) in [6, 6.07) is 56.5. The summed E-state index contributed by atoms with van der Waals surface area (Å²) in [6.45, 7) is 16.1. The Labute approximate surface area is 473 Å². The van der Waals surface area contributed by atoms with Crippen molar-refractivity contribution in [1.82, 2.24) is 0 Å². The summed E-state index contributed by atoms with van der Waals surface area (Å²) in [6.07, 6.45) is 21.6. The quantitative estimate of drug-likeness (QED) is 0.0311. The normalized spacial score (nSPS) is 13.8. The van der Waals surface area contributed by atoms with Gasteiger partial charge in [0.15, 0.2) is 11.6 Å². The van der Waals surface area contributed by atoms with Gasteiger partial charge in [0.2, 0.25) is 0 Å². The number of isothiocyanates is 2. The second kappa shape index (κ2) is 35.1. The molecule has 0 N–H and O–H groups in total. The van der Waals surface area contributed by atoms with E-state index >= 15 is 0 Å². The minimum Gasteiger partial charge on any atom is -0.488 e. The maximum Gasteiger partial charge on any atom is 0.165 e. The van der Waals surface area contributed by atoms with Gasteiger partial charge in [-0.2, -0.15) is 9.98 Å². The molecule has 6 heteroatoms. The van der Waals surface area contributed by atoms with E-state index in [-0.39, 0.29) is 11.9 Å². The number of hydrogen-bond donors (Lipinski definition) is 0. The smallest absolute Gasteiger partial charge is 0.165 e. The second-order valence-corrected chi connectivity index (χ2v) is 20.8. The standard InChI is InChI=1S/C31H45FO.C22H19NS.C15H13NS.C3H6/c1-4-6-8-10-11-24(3)33-31-22-21-29(23-30(31)32)28-19-17-27(18-20-28)26-15-13-25(14-16-26)12-9-7-5-2;1-17-2-10-20(11-3-17)21-12-6-18(7-13-21)4-5-19-8-14-22(15-9-19)23-16-24;1-2-12-3-5-13(6-4-12)14-7-9-15(10-8-14)16-11-17;1-3-2/h17-26H,4-16H2,1-3H3;2-3,6-15H,4-5H2,1H3;3-10H,2H2,1H3;3H,1H2,2H3. The molecular weight excluding hydrogens is 980 g/mol. The Morgan fingerprint density at radius 3 is 1.49 bits per heavy atom. The van der Waals surface area contributed by atoms with Crippen LogP contribution in [0.2, 0.25) is 0 Å². The minimum atomic E-state index is -0.265. The number of hydrogen-bond acceptors (Lipinski definition) is 5. The molecule has 1 saturated carbocycles. The van der Waals surface area contributed by atoms with Crippen molar-refractivity contribution in [3.8, 4) is 39.1 Å². The van der Waals surface area contributed by atoms with Gasteiger partial charge in [-0.25, -0.2) is 4.39 Å². The van der Waals surface area contributed by atoms with Crippen molar-refractivity contribution in [1.29, 1.82) is 0 Å². The van der Waals surface area contributed by atoms with Crippen LogP contribution in [0.25, 0.3) is 33.4 Å². The zero-order valence-corrected chi connectivity index (χ0v) is 48.5. The predicted molar refractivity (Wildman–Crippen MR) is 336 cm³/mol. The molecule has 1 unspecified atom stereocenters. The maximum absolute atomic E-state index is 14.7. The van der Waals surface area contributed by atoms with E-state index in [9.17, 15) is 4.39 Å². The van der Waals surface area contributed by atoms with Crippen molar-refractivity contribution in [2.24, 2.45) is 15.9 Å². The fraction of sp³-hybridized carbons (Fsp3) is 0.352. The van der Waals surface area contributed by atoms with E-state index in [4.69, 9.17) is 4.74 Å². The van der Waals surface area contributed by atoms with E-state index in [0.29, 0.717) is 11.7 Å². The zero-order chi connectivity index (χ0) is 55.0. The molecule has 7 aromatic carbocycles. The summed E-state index contributed by atoms with van der Waals surface area (Å²) < 4.78 is 20.6. The predicted octanol–water partition coefficient (Wildman–Crippen LogP) is 22.1. The zero-order valence-electron chi connectivity index (χ0n) is 46.9. The van der Waals surface area contributed by atoms with E-state index in [1.165, 1.54) is 121 Å². The van der Waals surface area contributed by atoms with Crippen molar-refractivity contribution in [2.45, 2.75) is 156 Å². The monoisotopic (exact) mass is 1060 g/mol. The molecule has 8 rings (SSSR count). The lowest BCUT2D eigenvalue weighted by Gasteiger charge is -2.29. The third kappa shape index (κ3) is 21.9. The molecule has 1 atom stereocenters. The van der Waals surface area contributed by atoms with Crippen LogP contribution in [-0.2, 0) is 19.3 Å². The largest absolute Gasteiger partial charge is 0.488 e. The Kier molecular flexibility index (Phi) is 28.0. The van der Waals surface area contributed by atoms with Gasteiger partial charge in [0.25, 0.3) is 0 Å². The van der Waals surface area contributed by atoms with Crippen LogP contribution in [0.3, 0.4) is 0 Å². The highest BCUT2D eigenvalue weighted by atomic mass is 32.1. The Balaban J connectivity index is 0.000000218. The lowest BCUT2D eigenvalue weighted by Crippen LogP contribution is -2.13. The molecule has 77 heavy (non-hydrogen) atoms. The number of ether oxygens (including phenoxy) is 1. The molecule has 0 radical (unpaired) electrons. The fourth-order valence-corrected chi connectivity index (χ4v) is 9.94. The number of nitrogens with zero attached hydrogens (tertiary/aromatic N) is 2. The first-order valence-electron chi connectivity index (χ1n) is 28.3. The highest BCUT2D eigenvalue weighted by molar-refractivity contribution is 7.78. The molecule has 0 saturated heterocycles. The van der Waals surface area contributed by atoms with Gasteiger partial charge in [-0.05, 0) is 207 Å². The summed E-state index contributed by atoms with van der Waals surface area (Å²) in [5.41, 5.74) is 15.4. The molecule has 0 spiro atoms. The van der Waals surface area contributed by atoms with E-state index in [1.807, 2.05) is 56.3 Å². The molecular formula is C71H83FN2OS2. The molecule has 0 heterocycles. The average molecular weight is 1060 g/mol. The third-order valence-electron chi connectivity index (χ3n) is 14.4. The van der Waals surface area contributed by atoms with Gasteiger partial charge in [-0.15, -0.1) is 6.58 Å². The van der Waals surface area contributed by atoms with Gasteiger partial charge in [0.05, 0.1) is 27.8 Å². The van der Waals surface area contributed by atoms with Crippen LogP contribution in [0.1, 0.15) is 152 Å². The highest BCUT2D eigenvalue weighted by Crippen LogP contribution is 2.39. The molecule has 1 fully saturated rings. The Bertz CT molecular complexity index is 2860. The van der Waals surface area contributed by atoms with Gasteiger partial charge in [0.1, 0.15) is 0 Å². The van der Waals surface area contributed by atoms with E-state index in [0.717, 1.165) is 60.5 Å². The molecule has 0 aromatic heterocycles. The summed E-state index contributed by atoms with van der Waals surface area (Å²) in [5.74, 6) is 1.73. The SMILES string of the molecule is C=CC.CCCCCCC(C)Oc1ccc(-c2ccc(C3CCC(CCCCC)CC3)cc2)cc1F.CCc1ccc(-c2ccc(N=C=S)cc2)cc1.Cc1ccc(-c2ccc(CCc3ccc(N=C=S)cc3)cc2)cc1. The molecule has 7 aromatic rings. The lowest BCUT2D eigenvalue weighted by molar-refractivity contribution is 0.197. The highest BCUT2D eigenvalue weighted by Gasteiger charge is 2.22. The Morgan fingerprint density at radius 1 is 0.571 bits per heavy atom. The average Bonchev–Trinajstić information content (AvgIpc) is 3.46. The topological polar surface area (TPSA) is 34.0 Å². The van der Waals surface area contributed by atoms with Crippen molar-refractivity contribution in [3.63, 3.8) is 0 Å². The number of unbranched alkanes of at least 4 members (excludes halogenated alkanes) is 5. The summed E-state index contributed by atoms with van der Waals surface area (Å²) in [5, 5.41) is 4.76. The van der Waals surface area contributed by atoms with Gasteiger partial charge in [-0.1, -0.05) is 205 Å². The Morgan fingerprint density at radius 2 is 1.00 bits per heavy atom. The summed E-state index contributed by atoms with van der Waals surface area (Å²) in [7, 11) is 0. The van der Waals surface area contributed by atoms with Gasteiger partial charge >= 0.3 is 0 Å². The van der Waals surface area contributed by atoms with Crippen LogP contribution in [0.15, 0.2) is 186 Å². The number of allylic oxidation sites excluding steroid dienone is 1. The van der Waals surface area contributed by atoms with Crippen LogP contribution in [0.4, 0.5) is 15.8 Å². The fourth-order valence-electron chi connectivity index (χ4n) is 9.73. The number of benzene rings is 7. The molecule has 0 aliphatic heterocycles. The van der Waals surface area contributed by atoms with E-state index in [1.54, 1.807) is 18.2 Å². The first-order valence-corrected chi connectivity index (χ1v) is 29.1. The van der Waals surface area contributed by atoms with Crippen LogP contribution in [0.5, 0.6) is 5.75 Å². The van der Waals surface area contributed by atoms with Gasteiger partial charge in [-0.3, -0.25) is 0 Å². The molecule has 402 valence electrons. The summed E-state index contributed by atoms with van der Waals surface area (Å²) in [4.78, 5) is 7.91. The van der Waals surface area contributed by atoms with Crippen molar-refractivity contribution < 1.29 is 9.13 Å². The molecule has 1 aliphatic rings. The third-order valence-corrected chi connectivity index (χ3v) is 14.6. The minimum absolute atomic E-state index is 0.0447. The summed E-state index contributed by atoms with van der Waals surface area (Å²) >= 11 is 9.19. The maximum atomic E-state index is 14.7. The van der Waals surface area contributed by atoms with E-state index < -0.39 is 0 Å². The first kappa shape index (κ1) is 61.5. The molecule has 0 bridgehead atoms. The van der Waals surface area contributed by atoms with Crippen LogP contribution >= 0.6 is 24.4 Å². The number of aliphatic imine (C=N–C) groups is 2. The molecule has 3 nitrogen and oxygen atoms in total. The number of thiocarbonyl (C=S) groups is 2. The number of rotatable bonds is 21. The van der Waals surface area contributed by atoms with Crippen LogP contribution < -0.4 is 4.74 Å². The molecule has 1 aliphatic carbocycles. The lowest BCUT2D eigenvalue weighted by atomic mass is 9.77.